The number of fused-ring (bicyclic) bond motifs is 1. The Bertz CT molecular complexity index is 1020. The van der Waals surface area contributed by atoms with E-state index >= 15 is 0 Å². The number of rotatable bonds is 10. The second-order valence-electron chi connectivity index (χ2n) is 8.76. The summed E-state index contributed by atoms with van der Waals surface area (Å²) in [7, 11) is -0.872. The number of nitrogens with two attached hydrogens (primary N) is 1. The lowest BCUT2D eigenvalue weighted by Crippen LogP contribution is -2.49. The number of carbonyl (C=O) groups is 2. The lowest BCUT2D eigenvalue weighted by molar-refractivity contribution is -0.170. The summed E-state index contributed by atoms with van der Waals surface area (Å²) in [6.07, 6.45) is -1.23. The van der Waals surface area contributed by atoms with Crippen LogP contribution >= 0.6 is 0 Å². The molecule has 1 aromatic carbocycles. The zero-order valence-electron chi connectivity index (χ0n) is 19.8. The van der Waals surface area contributed by atoms with E-state index in [4.69, 9.17) is 24.7 Å². The summed E-state index contributed by atoms with van der Waals surface area (Å²) in [5.41, 5.74) is 6.11. The Morgan fingerprint density at radius 2 is 1.97 bits per heavy atom. The Balaban J connectivity index is 1.51. The Morgan fingerprint density at radius 3 is 2.60 bits per heavy atom. The van der Waals surface area contributed by atoms with Gasteiger partial charge in [0.2, 0.25) is 5.82 Å². The highest BCUT2D eigenvalue weighted by atomic mass is 16.8. The molecule has 2 aliphatic heterocycles. The van der Waals surface area contributed by atoms with Crippen molar-refractivity contribution in [1.82, 2.24) is 20.0 Å². The van der Waals surface area contributed by atoms with E-state index in [0.29, 0.717) is 0 Å². The van der Waals surface area contributed by atoms with Crippen LogP contribution in [0, 0.1) is 5.92 Å². The molecule has 188 valence electrons. The lowest BCUT2D eigenvalue weighted by atomic mass is 9.84. The minimum Gasteiger partial charge on any atom is -0.462 e. The molecule has 4 N–H and O–H groups in total. The van der Waals surface area contributed by atoms with Crippen molar-refractivity contribution >= 4 is 18.9 Å². The van der Waals surface area contributed by atoms with Gasteiger partial charge in [-0.1, -0.05) is 50.6 Å². The van der Waals surface area contributed by atoms with Crippen LogP contribution in [0.25, 0.3) is 0 Å². The number of benzene rings is 1. The van der Waals surface area contributed by atoms with Crippen molar-refractivity contribution in [1.29, 1.82) is 0 Å². The Labute approximate surface area is 203 Å². The summed E-state index contributed by atoms with van der Waals surface area (Å²) in [5, 5.41) is 16.7. The zero-order valence-corrected chi connectivity index (χ0v) is 19.8. The molecule has 4 unspecified atom stereocenters. The Morgan fingerprint density at radius 1 is 1.26 bits per heavy atom. The second-order valence-corrected chi connectivity index (χ2v) is 8.76. The molecule has 2 aliphatic rings. The van der Waals surface area contributed by atoms with E-state index in [2.05, 4.69) is 15.3 Å². The molecule has 0 radical (unpaired) electrons. The standard InChI is InChI=1S/C22H30BN5O7/c1-4-12(2)15(26-23(3)31)21(30)32-10-14-16-17(35-22(34-16)13-8-6-5-7-9-13)20(33-14)28-11-25-19(27-28)18(24)29/h5-9,11-12,14-17,20,22,26,31H,4,10H2,1-3H3,(H2,24,29)/t12-,14+,15?,16?,17?,20+,22?/m0/s1. The number of hydrogen-bond acceptors (Lipinski definition) is 10. The van der Waals surface area contributed by atoms with Crippen molar-refractivity contribution in [2.45, 2.75) is 64.0 Å². The van der Waals surface area contributed by atoms with Crippen molar-refractivity contribution < 1.29 is 33.6 Å². The first-order valence-corrected chi connectivity index (χ1v) is 11.6. The highest BCUT2D eigenvalue weighted by molar-refractivity contribution is 6.46. The van der Waals surface area contributed by atoms with Crippen LogP contribution in [0.4, 0.5) is 0 Å². The van der Waals surface area contributed by atoms with Crippen molar-refractivity contribution in [3.05, 3.63) is 48.0 Å². The van der Waals surface area contributed by atoms with Gasteiger partial charge in [0, 0.05) is 5.56 Å². The number of carbonyl (C=O) groups excluding carboxylic acids is 2. The van der Waals surface area contributed by atoms with Crippen LogP contribution in [-0.2, 0) is 23.7 Å². The molecule has 2 fully saturated rings. The second kappa shape index (κ2) is 10.8. The molecule has 7 atom stereocenters. The SMILES string of the molecule is CC[C@H](C)C(NB(C)O)C(=O)OC[C@H]1O[C@@H](n2cnc(C(N)=O)n2)C2OC(c3ccccc3)OC21. The highest BCUT2D eigenvalue weighted by Crippen LogP contribution is 2.44. The number of nitrogens with one attached hydrogen (secondary N) is 1. The number of hydrogen-bond donors (Lipinski definition) is 3. The fourth-order valence-corrected chi connectivity index (χ4v) is 4.17. The number of primary amides is 1. The number of amides is 1. The minimum absolute atomic E-state index is 0.0574. The first-order valence-electron chi connectivity index (χ1n) is 11.6. The molecular weight excluding hydrogens is 457 g/mol. The third-order valence-electron chi connectivity index (χ3n) is 6.19. The van der Waals surface area contributed by atoms with Gasteiger partial charge in [0.05, 0.1) is 0 Å². The smallest absolute Gasteiger partial charge is 0.374 e. The predicted molar refractivity (Wildman–Crippen MR) is 123 cm³/mol. The van der Waals surface area contributed by atoms with Gasteiger partial charge in [0.15, 0.2) is 12.5 Å². The van der Waals surface area contributed by atoms with Gasteiger partial charge in [0.25, 0.3) is 5.91 Å². The van der Waals surface area contributed by atoms with Crippen molar-refractivity contribution in [2.75, 3.05) is 6.61 Å². The number of ether oxygens (including phenoxy) is 4. The van der Waals surface area contributed by atoms with Gasteiger partial charge in [-0.15, -0.1) is 5.10 Å². The van der Waals surface area contributed by atoms with Crippen LogP contribution in [0.1, 0.15) is 49.0 Å². The summed E-state index contributed by atoms with van der Waals surface area (Å²) >= 11 is 0. The lowest BCUT2D eigenvalue weighted by Gasteiger charge is -2.25. The third-order valence-corrected chi connectivity index (χ3v) is 6.19. The van der Waals surface area contributed by atoms with Crippen LogP contribution in [0.2, 0.25) is 6.82 Å². The minimum atomic E-state index is -0.872. The molecule has 3 heterocycles. The summed E-state index contributed by atoms with van der Waals surface area (Å²) in [4.78, 5) is 28.2. The Kier molecular flexibility index (Phi) is 7.82. The number of aromatic nitrogens is 3. The van der Waals surface area contributed by atoms with E-state index in [1.54, 1.807) is 6.82 Å². The van der Waals surface area contributed by atoms with E-state index in [1.165, 1.54) is 11.0 Å². The maximum absolute atomic E-state index is 12.8. The number of nitrogens with zero attached hydrogens (tertiary/aromatic N) is 3. The summed E-state index contributed by atoms with van der Waals surface area (Å²) < 4.78 is 25.4. The molecule has 0 aliphatic carbocycles. The number of esters is 1. The van der Waals surface area contributed by atoms with Gasteiger partial charge in [-0.25, -0.2) is 9.67 Å². The molecule has 12 nitrogen and oxygen atoms in total. The quantitative estimate of drug-likeness (QED) is 0.316. The van der Waals surface area contributed by atoms with Crippen molar-refractivity contribution in [2.24, 2.45) is 11.7 Å². The first kappa shape index (κ1) is 25.3. The fourth-order valence-electron chi connectivity index (χ4n) is 4.17. The van der Waals surface area contributed by atoms with E-state index in [1.807, 2.05) is 44.2 Å². The van der Waals surface area contributed by atoms with Crippen molar-refractivity contribution in [3.63, 3.8) is 0 Å². The van der Waals surface area contributed by atoms with E-state index < -0.39 is 55.8 Å². The molecule has 1 amide bonds. The van der Waals surface area contributed by atoms with Gasteiger partial charge in [-0.3, -0.25) is 9.59 Å². The molecule has 2 saturated heterocycles. The molecular formula is C22H30BN5O7. The maximum atomic E-state index is 12.8. The fraction of sp³-hybridized carbons (Fsp3) is 0.545. The molecule has 0 spiro atoms. The third kappa shape index (κ3) is 5.54. The van der Waals surface area contributed by atoms with Gasteiger partial charge in [-0.2, -0.15) is 0 Å². The molecule has 1 aromatic heterocycles. The normalized spacial score (nSPS) is 27.3. The maximum Gasteiger partial charge on any atom is 0.374 e. The van der Waals surface area contributed by atoms with E-state index in [9.17, 15) is 14.6 Å². The Hall–Kier alpha value is -2.84. The molecule has 13 heteroatoms. The van der Waals surface area contributed by atoms with Gasteiger partial charge >= 0.3 is 13.0 Å². The zero-order chi connectivity index (χ0) is 25.1. The van der Waals surface area contributed by atoms with Crippen LogP contribution in [0.5, 0.6) is 0 Å². The average Bonchev–Trinajstić information content (AvgIpc) is 3.57. The van der Waals surface area contributed by atoms with Crippen LogP contribution in [-0.4, -0.2) is 69.7 Å². The van der Waals surface area contributed by atoms with Crippen LogP contribution < -0.4 is 11.0 Å². The molecule has 2 aromatic rings. The predicted octanol–water partition coefficient (Wildman–Crippen LogP) is 0.415. The molecule has 35 heavy (non-hydrogen) atoms. The van der Waals surface area contributed by atoms with E-state index in [0.717, 1.165) is 12.0 Å². The summed E-state index contributed by atoms with van der Waals surface area (Å²) in [5.74, 6) is -1.48. The van der Waals surface area contributed by atoms with E-state index in [-0.39, 0.29) is 18.3 Å². The molecule has 4 rings (SSSR count). The van der Waals surface area contributed by atoms with Gasteiger partial charge in [0.1, 0.15) is 37.3 Å². The van der Waals surface area contributed by atoms with Gasteiger partial charge in [-0.05, 0) is 12.7 Å². The highest BCUT2D eigenvalue weighted by Gasteiger charge is 2.54. The monoisotopic (exact) mass is 487 g/mol. The topological polar surface area (TPSA) is 160 Å². The summed E-state index contributed by atoms with van der Waals surface area (Å²) in [6.45, 7) is 5.30. The molecule has 0 saturated carbocycles. The molecule has 0 bridgehead atoms. The van der Waals surface area contributed by atoms with Gasteiger partial charge < -0.3 is 34.9 Å². The van der Waals surface area contributed by atoms with Crippen LogP contribution in [0.15, 0.2) is 36.7 Å². The first-order chi connectivity index (χ1) is 16.8. The largest absolute Gasteiger partial charge is 0.462 e. The van der Waals surface area contributed by atoms with Crippen LogP contribution in [0.3, 0.4) is 0 Å². The average molecular weight is 487 g/mol. The van der Waals surface area contributed by atoms with Crippen molar-refractivity contribution in [3.8, 4) is 0 Å². The summed E-state index contributed by atoms with van der Waals surface area (Å²) in [6, 6.07) is 8.74.